The fourth-order valence-electron chi connectivity index (χ4n) is 1.37. The first-order valence-electron chi connectivity index (χ1n) is 4.10. The largest absolute Gasteiger partial charge is 0.397 e. The molecule has 14 heavy (non-hydrogen) atoms. The van der Waals surface area contributed by atoms with Crippen molar-refractivity contribution in [3.05, 3.63) is 33.4 Å². The number of aromatic nitrogens is 1. The fraction of sp³-hybridized carbons (Fsp3) is 0.100. The van der Waals surface area contributed by atoms with Crippen LogP contribution in [0, 0.1) is 6.92 Å². The highest BCUT2D eigenvalue weighted by Crippen LogP contribution is 2.30. The summed E-state index contributed by atoms with van der Waals surface area (Å²) in [7, 11) is 0. The lowest BCUT2D eigenvalue weighted by molar-refractivity contribution is 1.26. The van der Waals surface area contributed by atoms with E-state index in [1.54, 1.807) is 0 Å². The van der Waals surface area contributed by atoms with Gasteiger partial charge in [-0.25, -0.2) is 0 Å². The number of hydrogen-bond acceptors (Lipinski definition) is 2. The molecule has 0 atom stereocenters. The van der Waals surface area contributed by atoms with E-state index in [2.05, 4.69) is 20.9 Å². The number of fused-ring (bicyclic) bond motifs is 1. The molecule has 1 aromatic heterocycles. The predicted octanol–water partition coefficient (Wildman–Crippen LogP) is 3.54. The highest BCUT2D eigenvalue weighted by molar-refractivity contribution is 9.10. The Balaban J connectivity index is 2.91. The van der Waals surface area contributed by atoms with Gasteiger partial charge in [-0.2, -0.15) is 0 Å². The predicted molar refractivity (Wildman–Crippen MR) is 63.6 cm³/mol. The molecule has 2 N–H and O–H groups in total. The molecular formula is C10H8BrClN2. The van der Waals surface area contributed by atoms with E-state index in [1.807, 2.05) is 25.1 Å². The van der Waals surface area contributed by atoms with Crippen LogP contribution in [0.4, 0.5) is 5.69 Å². The van der Waals surface area contributed by atoms with Crippen LogP contribution in [0.15, 0.2) is 22.7 Å². The van der Waals surface area contributed by atoms with E-state index in [-0.39, 0.29) is 0 Å². The SMILES string of the molecule is Cc1nc2cc(Br)ccc2c(N)c1Cl. The summed E-state index contributed by atoms with van der Waals surface area (Å²) < 4.78 is 0.985. The van der Waals surface area contributed by atoms with Crippen LogP contribution in [0.3, 0.4) is 0 Å². The van der Waals surface area contributed by atoms with Crippen LogP contribution in [0.1, 0.15) is 5.69 Å². The lowest BCUT2D eigenvalue weighted by Crippen LogP contribution is -1.94. The molecule has 0 fully saturated rings. The van der Waals surface area contributed by atoms with Crippen molar-refractivity contribution >= 4 is 44.1 Å². The van der Waals surface area contributed by atoms with Crippen LogP contribution < -0.4 is 5.73 Å². The smallest absolute Gasteiger partial charge is 0.0854 e. The molecule has 0 aliphatic rings. The van der Waals surface area contributed by atoms with Crippen molar-refractivity contribution in [2.45, 2.75) is 6.92 Å². The molecule has 2 aromatic rings. The topological polar surface area (TPSA) is 38.9 Å². The van der Waals surface area contributed by atoms with Crippen LogP contribution >= 0.6 is 27.5 Å². The van der Waals surface area contributed by atoms with Crippen LogP contribution in [-0.2, 0) is 0 Å². The average molecular weight is 272 g/mol. The molecule has 0 radical (unpaired) electrons. The summed E-state index contributed by atoms with van der Waals surface area (Å²) in [5, 5.41) is 1.43. The number of nitrogens with two attached hydrogens (primary N) is 1. The lowest BCUT2D eigenvalue weighted by Gasteiger charge is -2.06. The quantitative estimate of drug-likeness (QED) is 0.796. The minimum Gasteiger partial charge on any atom is -0.397 e. The first kappa shape index (κ1) is 9.74. The van der Waals surface area contributed by atoms with E-state index in [0.29, 0.717) is 10.7 Å². The molecule has 0 amide bonds. The molecule has 2 nitrogen and oxygen atoms in total. The van der Waals surface area contributed by atoms with Crippen molar-refractivity contribution in [1.29, 1.82) is 0 Å². The average Bonchev–Trinajstić information content (AvgIpc) is 2.14. The third-order valence-electron chi connectivity index (χ3n) is 2.09. The second-order valence-corrected chi connectivity index (χ2v) is 4.38. The van der Waals surface area contributed by atoms with Gasteiger partial charge < -0.3 is 5.73 Å². The summed E-state index contributed by atoms with van der Waals surface area (Å²) in [6.07, 6.45) is 0. The maximum Gasteiger partial charge on any atom is 0.0854 e. The van der Waals surface area contributed by atoms with Gasteiger partial charge in [0, 0.05) is 9.86 Å². The molecule has 0 unspecified atom stereocenters. The first-order valence-corrected chi connectivity index (χ1v) is 5.27. The van der Waals surface area contributed by atoms with Gasteiger partial charge in [-0.05, 0) is 25.1 Å². The van der Waals surface area contributed by atoms with Crippen molar-refractivity contribution in [2.75, 3.05) is 5.73 Å². The van der Waals surface area contributed by atoms with Gasteiger partial charge >= 0.3 is 0 Å². The third-order valence-corrected chi connectivity index (χ3v) is 3.06. The fourth-order valence-corrected chi connectivity index (χ4v) is 1.86. The van der Waals surface area contributed by atoms with Crippen molar-refractivity contribution in [3.63, 3.8) is 0 Å². The number of anilines is 1. The summed E-state index contributed by atoms with van der Waals surface area (Å²) >= 11 is 9.38. The molecule has 4 heteroatoms. The Labute approximate surface area is 95.2 Å². The second-order valence-electron chi connectivity index (χ2n) is 3.09. The number of nitrogen functional groups attached to an aromatic ring is 1. The maximum atomic E-state index is 6.00. The van der Waals surface area contributed by atoms with E-state index in [0.717, 1.165) is 21.1 Å². The van der Waals surface area contributed by atoms with Crippen molar-refractivity contribution in [2.24, 2.45) is 0 Å². The second kappa shape index (κ2) is 3.41. The van der Waals surface area contributed by atoms with E-state index in [4.69, 9.17) is 17.3 Å². The molecule has 2 rings (SSSR count). The molecule has 0 aliphatic heterocycles. The lowest BCUT2D eigenvalue weighted by atomic mass is 10.1. The van der Waals surface area contributed by atoms with Gasteiger partial charge in [0.2, 0.25) is 0 Å². The Morgan fingerprint density at radius 1 is 1.43 bits per heavy atom. The van der Waals surface area contributed by atoms with Gasteiger partial charge in [-0.3, -0.25) is 4.98 Å². The summed E-state index contributed by atoms with van der Waals surface area (Å²) in [6.45, 7) is 1.85. The number of hydrogen-bond donors (Lipinski definition) is 1. The zero-order valence-electron chi connectivity index (χ0n) is 7.51. The summed E-state index contributed by atoms with van der Waals surface area (Å²) in [4.78, 5) is 4.35. The molecule has 0 saturated carbocycles. The Morgan fingerprint density at radius 3 is 2.86 bits per heavy atom. The van der Waals surface area contributed by atoms with Gasteiger partial charge in [-0.1, -0.05) is 27.5 Å². The number of pyridine rings is 1. The third kappa shape index (κ3) is 1.47. The standard InChI is InChI=1S/C10H8BrClN2/c1-5-9(12)10(13)7-3-2-6(11)4-8(7)14-5/h2-4H,1H3,(H2,13,14). The van der Waals surface area contributed by atoms with Crippen LogP contribution in [-0.4, -0.2) is 4.98 Å². The molecule has 72 valence electrons. The van der Waals surface area contributed by atoms with Crippen LogP contribution in [0.25, 0.3) is 10.9 Å². The zero-order valence-corrected chi connectivity index (χ0v) is 9.85. The summed E-state index contributed by atoms with van der Waals surface area (Å²) in [6, 6.07) is 5.76. The van der Waals surface area contributed by atoms with E-state index in [9.17, 15) is 0 Å². The molecule has 0 saturated heterocycles. The number of halogens is 2. The van der Waals surface area contributed by atoms with Crippen molar-refractivity contribution in [1.82, 2.24) is 4.98 Å². The molecule has 0 aliphatic carbocycles. The molecule has 1 aromatic carbocycles. The highest BCUT2D eigenvalue weighted by Gasteiger charge is 2.07. The summed E-state index contributed by atoms with van der Waals surface area (Å²) in [5.74, 6) is 0. The zero-order chi connectivity index (χ0) is 10.3. The Hall–Kier alpha value is -0.800. The van der Waals surface area contributed by atoms with Gasteiger partial charge in [0.15, 0.2) is 0 Å². The molecule has 1 heterocycles. The van der Waals surface area contributed by atoms with Crippen molar-refractivity contribution in [3.8, 4) is 0 Å². The molecule has 0 bridgehead atoms. The number of benzene rings is 1. The number of aryl methyl sites for hydroxylation is 1. The van der Waals surface area contributed by atoms with E-state index < -0.39 is 0 Å². The van der Waals surface area contributed by atoms with Crippen molar-refractivity contribution < 1.29 is 0 Å². The van der Waals surface area contributed by atoms with Gasteiger partial charge in [0.25, 0.3) is 0 Å². The summed E-state index contributed by atoms with van der Waals surface area (Å²) in [5.41, 5.74) is 8.10. The van der Waals surface area contributed by atoms with Crippen LogP contribution in [0.2, 0.25) is 5.02 Å². The first-order chi connectivity index (χ1) is 6.59. The monoisotopic (exact) mass is 270 g/mol. The van der Waals surface area contributed by atoms with Crippen LogP contribution in [0.5, 0.6) is 0 Å². The van der Waals surface area contributed by atoms with E-state index >= 15 is 0 Å². The molecule has 0 spiro atoms. The Kier molecular flexibility index (Phi) is 2.37. The minimum absolute atomic E-state index is 0.542. The number of rotatable bonds is 0. The Bertz CT molecular complexity index is 511. The van der Waals surface area contributed by atoms with Gasteiger partial charge in [0.1, 0.15) is 0 Å². The van der Waals surface area contributed by atoms with Gasteiger partial charge in [0.05, 0.1) is 21.9 Å². The normalized spacial score (nSPS) is 10.8. The maximum absolute atomic E-state index is 6.00. The molecular weight excluding hydrogens is 263 g/mol. The minimum atomic E-state index is 0.542. The Morgan fingerprint density at radius 2 is 2.14 bits per heavy atom. The number of nitrogens with zero attached hydrogens (tertiary/aromatic N) is 1. The van der Waals surface area contributed by atoms with Gasteiger partial charge in [-0.15, -0.1) is 0 Å². The highest BCUT2D eigenvalue weighted by atomic mass is 79.9. The van der Waals surface area contributed by atoms with E-state index in [1.165, 1.54) is 0 Å².